The van der Waals surface area contributed by atoms with E-state index in [0.717, 1.165) is 44.6 Å². The number of hydrogen-bond donors (Lipinski definition) is 0. The van der Waals surface area contributed by atoms with E-state index in [9.17, 15) is 9.59 Å². The minimum atomic E-state index is -0.106. The van der Waals surface area contributed by atoms with Crippen LogP contribution in [0.3, 0.4) is 0 Å². The number of methoxy groups -OCH3 is 1. The fourth-order valence-corrected chi connectivity index (χ4v) is 8.29. The van der Waals surface area contributed by atoms with E-state index in [0.29, 0.717) is 30.2 Å². The average molecular weight is 495 g/mol. The van der Waals surface area contributed by atoms with E-state index in [1.807, 2.05) is 0 Å². The van der Waals surface area contributed by atoms with E-state index in [1.54, 1.807) is 12.0 Å². The largest absolute Gasteiger partial charge is 0.496 e. The van der Waals surface area contributed by atoms with Crippen LogP contribution in [-0.4, -0.2) is 54.9 Å². The van der Waals surface area contributed by atoms with E-state index < -0.39 is 0 Å². The zero-order valence-electron chi connectivity index (χ0n) is 20.3. The summed E-state index contributed by atoms with van der Waals surface area (Å²) in [6, 6.07) is 6.49. The number of hydrogen-bond acceptors (Lipinski definition) is 4. The molecule has 0 radical (unpaired) electrons. The predicted molar refractivity (Wildman–Crippen MR) is 136 cm³/mol. The molecular weight excluding hydrogens is 460 g/mol. The molecule has 5 aliphatic carbocycles. The molecular formula is C29H35ClN2O3. The molecule has 1 saturated carbocycles. The zero-order chi connectivity index (χ0) is 23.0. The fraction of sp³-hybridized carbons (Fsp3) is 0.586. The molecule has 3 fully saturated rings. The molecule has 2 saturated heterocycles. The normalized spacial score (nSPS) is 37.9. The van der Waals surface area contributed by atoms with Crippen LogP contribution in [-0.2, 0) is 16.0 Å². The van der Waals surface area contributed by atoms with Gasteiger partial charge in [-0.05, 0) is 73.4 Å². The van der Waals surface area contributed by atoms with Gasteiger partial charge in [0.05, 0.1) is 18.9 Å². The highest BCUT2D eigenvalue weighted by Crippen LogP contribution is 2.58. The highest BCUT2D eigenvalue weighted by Gasteiger charge is 2.62. The summed E-state index contributed by atoms with van der Waals surface area (Å²) in [4.78, 5) is 30.7. The average Bonchev–Trinajstić information content (AvgIpc) is 3.36. The molecule has 2 amide bonds. The maximum absolute atomic E-state index is 13.2. The van der Waals surface area contributed by atoms with Gasteiger partial charge < -0.3 is 9.64 Å². The van der Waals surface area contributed by atoms with Crippen molar-refractivity contribution in [2.75, 3.05) is 33.3 Å². The molecule has 6 heteroatoms. The summed E-state index contributed by atoms with van der Waals surface area (Å²) in [5, 5.41) is 0. The second-order valence-electron chi connectivity index (χ2n) is 11.4. The molecule has 5 nitrogen and oxygen atoms in total. The number of carbonyl (C=O) groups excluding carboxylic acids is 2. The number of ether oxygens (including phenoxy) is 1. The van der Waals surface area contributed by atoms with E-state index in [1.165, 1.54) is 17.5 Å². The van der Waals surface area contributed by atoms with Crippen molar-refractivity contribution in [2.24, 2.45) is 41.4 Å². The number of likely N-dealkylation sites (tertiary alicyclic amines) is 2. The summed E-state index contributed by atoms with van der Waals surface area (Å²) in [7, 11) is 1.78. The second kappa shape index (κ2) is 8.77. The van der Waals surface area contributed by atoms with Crippen molar-refractivity contribution in [3.05, 3.63) is 53.6 Å². The number of allylic oxidation sites excluding steroid dienone is 4. The highest BCUT2D eigenvalue weighted by atomic mass is 35.5. The number of benzene rings is 1. The third-order valence-corrected chi connectivity index (χ3v) is 9.92. The Kier molecular flexibility index (Phi) is 5.84. The molecule has 0 spiro atoms. The van der Waals surface area contributed by atoms with E-state index in [-0.39, 0.29) is 47.9 Å². The van der Waals surface area contributed by atoms with Gasteiger partial charge >= 0.3 is 0 Å². The Labute approximate surface area is 214 Å². The number of carbonyl (C=O) groups is 2. The molecule has 8 rings (SSSR count). The number of halogens is 1. The molecule has 35 heavy (non-hydrogen) atoms. The minimum absolute atomic E-state index is 0. The van der Waals surface area contributed by atoms with Gasteiger partial charge in [0.2, 0.25) is 11.8 Å². The number of rotatable bonds is 6. The predicted octanol–water partition coefficient (Wildman–Crippen LogP) is 4.08. The topological polar surface area (TPSA) is 49.9 Å². The van der Waals surface area contributed by atoms with Gasteiger partial charge in [0.15, 0.2) is 0 Å². The van der Waals surface area contributed by atoms with Crippen LogP contribution in [0.5, 0.6) is 5.75 Å². The zero-order valence-corrected chi connectivity index (χ0v) is 21.2. The smallest absolute Gasteiger partial charge is 0.233 e. The van der Waals surface area contributed by atoms with Crippen LogP contribution in [0.15, 0.2) is 42.5 Å². The molecule has 1 aromatic carbocycles. The van der Waals surface area contributed by atoms with Crippen molar-refractivity contribution in [2.45, 2.75) is 31.6 Å². The first-order valence-electron chi connectivity index (χ1n) is 13.3. The summed E-state index contributed by atoms with van der Waals surface area (Å²) in [6.45, 7) is 3.87. The summed E-state index contributed by atoms with van der Waals surface area (Å²) < 4.78 is 5.71. The number of nitrogens with zero attached hydrogens (tertiary/aromatic N) is 2. The van der Waals surface area contributed by atoms with Gasteiger partial charge in [0.25, 0.3) is 0 Å². The van der Waals surface area contributed by atoms with Crippen LogP contribution in [0.1, 0.15) is 36.3 Å². The molecule has 0 aromatic heterocycles. The Morgan fingerprint density at radius 3 is 2.20 bits per heavy atom. The van der Waals surface area contributed by atoms with Gasteiger partial charge in [-0.3, -0.25) is 14.5 Å². The Bertz CT molecular complexity index is 1050. The van der Waals surface area contributed by atoms with Gasteiger partial charge in [0, 0.05) is 31.1 Å². The van der Waals surface area contributed by atoms with Crippen LogP contribution >= 0.6 is 12.4 Å². The van der Waals surface area contributed by atoms with Crippen molar-refractivity contribution in [1.82, 2.24) is 9.80 Å². The Balaban J connectivity index is 0.00000229. The third-order valence-electron chi connectivity index (χ3n) is 9.92. The molecule has 6 unspecified atom stereocenters. The molecule has 7 aliphatic rings. The van der Waals surface area contributed by atoms with Crippen molar-refractivity contribution in [3.63, 3.8) is 0 Å². The van der Waals surface area contributed by atoms with Crippen LogP contribution in [0, 0.1) is 41.4 Å². The van der Waals surface area contributed by atoms with Crippen molar-refractivity contribution >= 4 is 24.2 Å². The van der Waals surface area contributed by atoms with Crippen LogP contribution in [0.2, 0.25) is 0 Å². The molecule has 2 bridgehead atoms. The van der Waals surface area contributed by atoms with Crippen molar-refractivity contribution < 1.29 is 14.3 Å². The number of unbranched alkanes of at least 4 members (excludes halogenated alkanes) is 1. The quantitative estimate of drug-likeness (QED) is 0.340. The second-order valence-corrected chi connectivity index (χ2v) is 11.4. The SMILES string of the molecule is COc1cccc2c1[C@@H]1CN(CCCCN3C(=O)C4C5C=CC(C6C=CC65)C4C3=O)C[C@H]1CC2.Cl. The Morgan fingerprint density at radius 2 is 1.54 bits per heavy atom. The molecule has 2 heterocycles. The van der Waals surface area contributed by atoms with E-state index in [4.69, 9.17) is 4.74 Å². The maximum atomic E-state index is 13.2. The first-order chi connectivity index (χ1) is 16.7. The van der Waals surface area contributed by atoms with E-state index in [2.05, 4.69) is 47.4 Å². The summed E-state index contributed by atoms with van der Waals surface area (Å²) in [5.41, 5.74) is 2.90. The van der Waals surface area contributed by atoms with Crippen LogP contribution < -0.4 is 4.74 Å². The minimum Gasteiger partial charge on any atom is -0.496 e. The Hall–Kier alpha value is -2.11. The number of imide groups is 1. The summed E-state index contributed by atoms with van der Waals surface area (Å²) in [6.07, 6.45) is 13.3. The summed E-state index contributed by atoms with van der Waals surface area (Å²) in [5.74, 6) is 3.75. The third kappa shape index (κ3) is 3.37. The van der Waals surface area contributed by atoms with Gasteiger partial charge in [0.1, 0.15) is 5.75 Å². The van der Waals surface area contributed by atoms with Gasteiger partial charge in [-0.1, -0.05) is 36.4 Å². The maximum Gasteiger partial charge on any atom is 0.233 e. The fourth-order valence-electron chi connectivity index (χ4n) is 8.29. The lowest BCUT2D eigenvalue weighted by molar-refractivity contribution is -0.140. The molecule has 1 aromatic rings. The highest BCUT2D eigenvalue weighted by molar-refractivity contribution is 6.06. The van der Waals surface area contributed by atoms with Gasteiger partial charge in [-0.25, -0.2) is 0 Å². The van der Waals surface area contributed by atoms with Crippen LogP contribution in [0.4, 0.5) is 0 Å². The molecule has 8 atom stereocenters. The molecule has 2 aliphatic heterocycles. The van der Waals surface area contributed by atoms with Gasteiger partial charge in [-0.2, -0.15) is 0 Å². The summed E-state index contributed by atoms with van der Waals surface area (Å²) >= 11 is 0. The Morgan fingerprint density at radius 1 is 0.886 bits per heavy atom. The van der Waals surface area contributed by atoms with Crippen LogP contribution in [0.25, 0.3) is 0 Å². The molecule has 186 valence electrons. The number of fused-ring (bicyclic) bond motifs is 3. The first-order valence-corrected chi connectivity index (χ1v) is 13.3. The number of aryl methyl sites for hydroxylation is 1. The lowest BCUT2D eigenvalue weighted by Gasteiger charge is -2.51. The standard InChI is InChI=1S/C29H34N2O3.ClH/c1-34-24-6-4-5-17-7-8-18-15-30(16-23(18)25(17)24)13-2-3-14-31-28(32)26-21-11-12-22(27(26)29(31)33)20-10-9-19(20)21;/h4-6,9-12,18-23,26-27H,2-3,7-8,13-16H2,1H3;1H/t18-,19?,20?,21?,22?,23-,26?,27?;/m1./s1. The van der Waals surface area contributed by atoms with E-state index >= 15 is 0 Å². The van der Waals surface area contributed by atoms with Gasteiger partial charge in [-0.15, -0.1) is 12.4 Å². The molecule has 0 N–H and O–H groups in total. The monoisotopic (exact) mass is 494 g/mol. The first kappa shape index (κ1) is 23.3. The lowest BCUT2D eigenvalue weighted by atomic mass is 9.50. The van der Waals surface area contributed by atoms with Crippen molar-refractivity contribution in [1.29, 1.82) is 0 Å². The number of amides is 2. The lowest BCUT2D eigenvalue weighted by Crippen LogP contribution is -2.50. The van der Waals surface area contributed by atoms with Crippen molar-refractivity contribution in [3.8, 4) is 5.75 Å².